The number of hydrogen-bond donors (Lipinski definition) is 2. The topological polar surface area (TPSA) is 95.9 Å². The predicted molar refractivity (Wildman–Crippen MR) is 128 cm³/mol. The maximum atomic E-state index is 13.9. The van der Waals surface area contributed by atoms with Gasteiger partial charge in [-0.15, -0.1) is 0 Å². The van der Waals surface area contributed by atoms with Crippen LogP contribution in [0.15, 0.2) is 66.4 Å². The smallest absolute Gasteiger partial charge is 0.335 e. The first kappa shape index (κ1) is 24.3. The molecule has 1 heterocycles. The first-order valence-electron chi connectivity index (χ1n) is 10.2. The summed E-state index contributed by atoms with van der Waals surface area (Å²) in [5, 5.41) is 11.8. The molecular formula is C25H17Cl2FN2O5. The van der Waals surface area contributed by atoms with Gasteiger partial charge in [-0.05, 0) is 47.5 Å². The second-order valence-corrected chi connectivity index (χ2v) is 8.39. The summed E-state index contributed by atoms with van der Waals surface area (Å²) < 4.78 is 19.6. The Kier molecular flexibility index (Phi) is 7.04. The van der Waals surface area contributed by atoms with E-state index < -0.39 is 23.7 Å². The van der Waals surface area contributed by atoms with E-state index in [9.17, 15) is 18.8 Å². The fourth-order valence-electron chi connectivity index (χ4n) is 3.38. The van der Waals surface area contributed by atoms with E-state index in [2.05, 4.69) is 5.32 Å². The van der Waals surface area contributed by atoms with Gasteiger partial charge in [0.25, 0.3) is 5.91 Å². The van der Waals surface area contributed by atoms with Crippen LogP contribution in [0, 0.1) is 5.82 Å². The molecule has 0 unspecified atom stereocenters. The summed E-state index contributed by atoms with van der Waals surface area (Å²) in [5.74, 6) is -1.95. The highest BCUT2D eigenvalue weighted by Crippen LogP contribution is 2.35. The number of benzene rings is 3. The summed E-state index contributed by atoms with van der Waals surface area (Å²) in [7, 11) is 0. The molecule has 10 heteroatoms. The Hall–Kier alpha value is -3.88. The van der Waals surface area contributed by atoms with Crippen LogP contribution in [0.1, 0.15) is 27.0 Å². The van der Waals surface area contributed by atoms with E-state index in [4.69, 9.17) is 33.0 Å². The average Bonchev–Trinajstić information content (AvgIpc) is 3.07. The van der Waals surface area contributed by atoms with Crippen molar-refractivity contribution in [2.24, 2.45) is 0 Å². The van der Waals surface area contributed by atoms with Gasteiger partial charge < -0.3 is 15.2 Å². The maximum Gasteiger partial charge on any atom is 0.335 e. The van der Waals surface area contributed by atoms with Crippen LogP contribution in [0.3, 0.4) is 0 Å². The molecule has 1 aliphatic rings. The number of hydrogen-bond acceptors (Lipinski definition) is 4. The van der Waals surface area contributed by atoms with Crippen LogP contribution in [0.2, 0.25) is 10.0 Å². The number of carbonyl (C=O) groups excluding carboxylic acids is 2. The van der Waals surface area contributed by atoms with Crippen molar-refractivity contribution in [3.8, 4) is 5.75 Å². The first-order valence-corrected chi connectivity index (χ1v) is 11.0. The molecule has 7 nitrogen and oxygen atoms in total. The van der Waals surface area contributed by atoms with Crippen molar-refractivity contribution < 1.29 is 28.6 Å². The van der Waals surface area contributed by atoms with E-state index in [-0.39, 0.29) is 45.8 Å². The van der Waals surface area contributed by atoms with Gasteiger partial charge in [0.1, 0.15) is 18.1 Å². The molecule has 0 aliphatic carbocycles. The molecule has 1 fully saturated rings. The highest BCUT2D eigenvalue weighted by atomic mass is 35.5. The Bertz CT molecular complexity index is 1340. The molecule has 3 aromatic carbocycles. The number of carboxylic acids is 1. The van der Waals surface area contributed by atoms with E-state index in [0.717, 1.165) is 4.90 Å². The second kappa shape index (κ2) is 10.2. The third-order valence-electron chi connectivity index (χ3n) is 5.16. The van der Waals surface area contributed by atoms with Gasteiger partial charge in [-0.25, -0.2) is 14.0 Å². The van der Waals surface area contributed by atoms with Crippen molar-refractivity contribution in [2.75, 3.05) is 0 Å². The van der Waals surface area contributed by atoms with Crippen molar-refractivity contribution in [3.05, 3.63) is 104 Å². The molecule has 3 aromatic rings. The molecule has 0 spiro atoms. The summed E-state index contributed by atoms with van der Waals surface area (Å²) in [4.78, 5) is 36.9. The molecule has 0 aromatic heterocycles. The first-order chi connectivity index (χ1) is 16.7. The number of aromatic carboxylic acids is 1. The van der Waals surface area contributed by atoms with Gasteiger partial charge in [0, 0.05) is 5.56 Å². The van der Waals surface area contributed by atoms with Crippen LogP contribution in [-0.4, -0.2) is 27.9 Å². The molecule has 0 radical (unpaired) electrons. The summed E-state index contributed by atoms with van der Waals surface area (Å²) in [6.07, 6.45) is 1.41. The summed E-state index contributed by atoms with van der Waals surface area (Å²) in [5.41, 5.74) is 1.51. The Morgan fingerprint density at radius 3 is 2.34 bits per heavy atom. The zero-order valence-electron chi connectivity index (χ0n) is 17.9. The van der Waals surface area contributed by atoms with E-state index in [1.807, 2.05) is 0 Å². The molecule has 178 valence electrons. The van der Waals surface area contributed by atoms with Crippen molar-refractivity contribution in [1.29, 1.82) is 0 Å². The lowest BCUT2D eigenvalue weighted by Gasteiger charge is -2.12. The number of nitrogens with one attached hydrogen (secondary N) is 1. The van der Waals surface area contributed by atoms with E-state index >= 15 is 0 Å². The number of carboxylic acid groups (broad SMARTS) is 1. The predicted octanol–water partition coefficient (Wildman–Crippen LogP) is 5.50. The Morgan fingerprint density at radius 1 is 1.06 bits per heavy atom. The largest absolute Gasteiger partial charge is 0.486 e. The number of ether oxygens (including phenoxy) is 1. The van der Waals surface area contributed by atoms with E-state index in [0.29, 0.717) is 11.1 Å². The average molecular weight is 515 g/mol. The second-order valence-electron chi connectivity index (χ2n) is 7.58. The number of nitrogens with zero attached hydrogens (tertiary/aromatic N) is 1. The minimum absolute atomic E-state index is 0.00865. The highest BCUT2D eigenvalue weighted by Gasteiger charge is 2.34. The van der Waals surface area contributed by atoms with Crippen LogP contribution in [-0.2, 0) is 17.9 Å². The van der Waals surface area contributed by atoms with Gasteiger partial charge in [0.2, 0.25) is 0 Å². The van der Waals surface area contributed by atoms with Crippen LogP contribution in [0.5, 0.6) is 5.75 Å². The zero-order valence-corrected chi connectivity index (χ0v) is 19.4. The van der Waals surface area contributed by atoms with Crippen LogP contribution >= 0.6 is 23.2 Å². The monoisotopic (exact) mass is 514 g/mol. The van der Waals surface area contributed by atoms with Gasteiger partial charge in [-0.3, -0.25) is 9.69 Å². The quantitative estimate of drug-likeness (QED) is 0.320. The van der Waals surface area contributed by atoms with Crippen LogP contribution in [0.4, 0.5) is 9.18 Å². The van der Waals surface area contributed by atoms with E-state index in [1.54, 1.807) is 18.2 Å². The number of carbonyl (C=O) groups is 3. The van der Waals surface area contributed by atoms with Gasteiger partial charge in [-0.1, -0.05) is 53.5 Å². The molecule has 0 bridgehead atoms. The molecule has 1 aliphatic heterocycles. The lowest BCUT2D eigenvalue weighted by Crippen LogP contribution is -2.30. The lowest BCUT2D eigenvalue weighted by atomic mass is 10.1. The molecule has 0 saturated carbocycles. The van der Waals surface area contributed by atoms with E-state index in [1.165, 1.54) is 48.5 Å². The van der Waals surface area contributed by atoms with Crippen molar-refractivity contribution in [2.45, 2.75) is 13.2 Å². The maximum absolute atomic E-state index is 13.9. The molecule has 0 atom stereocenters. The van der Waals surface area contributed by atoms with Crippen LogP contribution in [0.25, 0.3) is 6.08 Å². The van der Waals surface area contributed by atoms with Gasteiger partial charge in [0.15, 0.2) is 5.75 Å². The van der Waals surface area contributed by atoms with Crippen molar-refractivity contribution >= 4 is 47.2 Å². The normalized spacial score (nSPS) is 14.4. The van der Waals surface area contributed by atoms with Gasteiger partial charge in [0.05, 0.1) is 22.2 Å². The fraction of sp³-hybridized carbons (Fsp3) is 0.0800. The Balaban J connectivity index is 1.48. The van der Waals surface area contributed by atoms with Gasteiger partial charge >= 0.3 is 12.0 Å². The lowest BCUT2D eigenvalue weighted by molar-refractivity contribution is -0.123. The molecule has 3 amide bonds. The molecular weight excluding hydrogens is 498 g/mol. The minimum atomic E-state index is -1.03. The summed E-state index contributed by atoms with van der Waals surface area (Å²) in [6.45, 7) is -0.115. The zero-order chi connectivity index (χ0) is 25.1. The third-order valence-corrected chi connectivity index (χ3v) is 5.73. The minimum Gasteiger partial charge on any atom is -0.486 e. The Morgan fingerprint density at radius 2 is 1.71 bits per heavy atom. The highest BCUT2D eigenvalue weighted by molar-refractivity contribution is 6.37. The van der Waals surface area contributed by atoms with Crippen molar-refractivity contribution in [1.82, 2.24) is 10.2 Å². The number of amides is 3. The third kappa shape index (κ3) is 5.45. The molecule has 4 rings (SSSR count). The van der Waals surface area contributed by atoms with Crippen LogP contribution < -0.4 is 10.1 Å². The standard InChI is InChI=1S/C25H17Cl2FN2O5/c26-18-9-15(10-19(27)22(18)35-13-14-5-7-16(8-6-14)24(32)33)11-21-23(31)30(25(34)29-21)12-17-3-1-2-4-20(17)28/h1-11H,12-13H2,(H,29,34)(H,32,33)/b21-11+. The number of rotatable bonds is 7. The summed E-state index contributed by atoms with van der Waals surface area (Å²) >= 11 is 12.7. The Labute approximate surface area is 209 Å². The van der Waals surface area contributed by atoms with Gasteiger partial charge in [-0.2, -0.15) is 0 Å². The number of imide groups is 1. The SMILES string of the molecule is O=C(O)c1ccc(COc2c(Cl)cc(/C=C3/NC(=O)N(Cc4ccccc4F)C3=O)cc2Cl)cc1. The fourth-order valence-corrected chi connectivity index (χ4v) is 3.99. The molecule has 2 N–H and O–H groups in total. The molecule has 35 heavy (non-hydrogen) atoms. The molecule has 1 saturated heterocycles. The number of urea groups is 1. The van der Waals surface area contributed by atoms with Crippen molar-refractivity contribution in [3.63, 3.8) is 0 Å². The summed E-state index contributed by atoms with van der Waals surface area (Å²) in [6, 6.07) is 14.4. The number of halogens is 3.